The Morgan fingerprint density at radius 2 is 2.06 bits per heavy atom. The van der Waals surface area contributed by atoms with E-state index in [0.29, 0.717) is 10.0 Å². The van der Waals surface area contributed by atoms with Gasteiger partial charge in [-0.2, -0.15) is 0 Å². The van der Waals surface area contributed by atoms with Crippen LogP contribution >= 0.6 is 23.2 Å². The number of nitrogens with one attached hydrogen (secondary N) is 1. The quantitative estimate of drug-likeness (QED) is 0.843. The topological polar surface area (TPSA) is 21.3 Å². The fourth-order valence-corrected chi connectivity index (χ4v) is 2.21. The summed E-state index contributed by atoms with van der Waals surface area (Å²) in [7, 11) is 0. The molecule has 1 atom stereocenters. The Labute approximate surface area is 112 Å². The Morgan fingerprint density at radius 1 is 1.29 bits per heavy atom. The van der Waals surface area contributed by atoms with Gasteiger partial charge in [0.05, 0.1) is 22.8 Å². The molecule has 0 saturated carbocycles. The molecule has 0 spiro atoms. The Bertz CT molecular complexity index is 406. The summed E-state index contributed by atoms with van der Waals surface area (Å²) in [5.74, 6) is 0. The van der Waals surface area contributed by atoms with E-state index in [4.69, 9.17) is 27.9 Å². The Kier molecular flexibility index (Phi) is 3.99. The molecule has 4 heteroatoms. The fourth-order valence-electron chi connectivity index (χ4n) is 1.90. The summed E-state index contributed by atoms with van der Waals surface area (Å²) in [6, 6.07) is 5.67. The van der Waals surface area contributed by atoms with Crippen LogP contribution in [0.5, 0.6) is 0 Å². The van der Waals surface area contributed by atoms with Gasteiger partial charge in [0.1, 0.15) is 0 Å². The number of hydrogen-bond donors (Lipinski definition) is 1. The molecule has 0 bridgehead atoms. The molecule has 1 saturated heterocycles. The Hall–Kier alpha value is -0.280. The van der Waals surface area contributed by atoms with Crippen molar-refractivity contribution < 1.29 is 4.74 Å². The predicted molar refractivity (Wildman–Crippen MR) is 71.8 cm³/mol. The highest BCUT2D eigenvalue weighted by Crippen LogP contribution is 2.29. The molecule has 1 aromatic rings. The van der Waals surface area contributed by atoms with Gasteiger partial charge in [-0.15, -0.1) is 0 Å². The molecule has 2 rings (SSSR count). The first kappa shape index (κ1) is 13.2. The van der Waals surface area contributed by atoms with Crippen LogP contribution in [0.2, 0.25) is 10.0 Å². The van der Waals surface area contributed by atoms with E-state index in [1.165, 1.54) is 0 Å². The summed E-state index contributed by atoms with van der Waals surface area (Å²) in [5, 5.41) is 4.58. The van der Waals surface area contributed by atoms with E-state index in [1.807, 2.05) is 18.2 Å². The van der Waals surface area contributed by atoms with Crippen molar-refractivity contribution in [2.75, 3.05) is 19.7 Å². The lowest BCUT2D eigenvalue weighted by molar-refractivity contribution is 0.0260. The largest absolute Gasteiger partial charge is 0.372 e. The van der Waals surface area contributed by atoms with Crippen molar-refractivity contribution in [3.63, 3.8) is 0 Å². The van der Waals surface area contributed by atoms with Gasteiger partial charge in [0, 0.05) is 18.5 Å². The SMILES string of the molecule is CC1(C)CNCC(c2ccc(Cl)c(Cl)c2)OC1. The molecule has 1 aliphatic heterocycles. The third-order valence-corrected chi connectivity index (χ3v) is 3.66. The summed E-state index contributed by atoms with van der Waals surface area (Å²) in [5.41, 5.74) is 1.25. The minimum absolute atomic E-state index is 0.0477. The van der Waals surface area contributed by atoms with E-state index >= 15 is 0 Å². The zero-order valence-electron chi connectivity index (χ0n) is 10.1. The van der Waals surface area contributed by atoms with Crippen LogP contribution in [0.3, 0.4) is 0 Å². The molecule has 94 valence electrons. The first-order valence-electron chi connectivity index (χ1n) is 5.75. The highest BCUT2D eigenvalue weighted by atomic mass is 35.5. The van der Waals surface area contributed by atoms with Crippen LogP contribution < -0.4 is 5.32 Å². The first-order valence-corrected chi connectivity index (χ1v) is 6.51. The van der Waals surface area contributed by atoms with E-state index < -0.39 is 0 Å². The fraction of sp³-hybridized carbons (Fsp3) is 0.538. The van der Waals surface area contributed by atoms with E-state index in [0.717, 1.165) is 25.3 Å². The zero-order chi connectivity index (χ0) is 12.5. The monoisotopic (exact) mass is 273 g/mol. The van der Waals surface area contributed by atoms with Crippen LogP contribution in [-0.2, 0) is 4.74 Å². The van der Waals surface area contributed by atoms with Gasteiger partial charge in [0.2, 0.25) is 0 Å². The Balaban J connectivity index is 2.14. The van der Waals surface area contributed by atoms with Crippen molar-refractivity contribution in [3.8, 4) is 0 Å². The summed E-state index contributed by atoms with van der Waals surface area (Å²) in [4.78, 5) is 0. The first-order chi connectivity index (χ1) is 7.98. The molecule has 1 aliphatic rings. The molecular weight excluding hydrogens is 257 g/mol. The minimum Gasteiger partial charge on any atom is -0.372 e. The highest BCUT2D eigenvalue weighted by molar-refractivity contribution is 6.42. The van der Waals surface area contributed by atoms with Gasteiger partial charge >= 0.3 is 0 Å². The summed E-state index contributed by atoms with van der Waals surface area (Å²) >= 11 is 11.9. The van der Waals surface area contributed by atoms with Crippen LogP contribution in [-0.4, -0.2) is 19.7 Å². The van der Waals surface area contributed by atoms with Crippen LogP contribution in [0, 0.1) is 5.41 Å². The lowest BCUT2D eigenvalue weighted by atomic mass is 9.95. The van der Waals surface area contributed by atoms with Crippen LogP contribution in [0.25, 0.3) is 0 Å². The van der Waals surface area contributed by atoms with Gasteiger partial charge in [-0.3, -0.25) is 0 Å². The molecule has 1 heterocycles. The molecule has 0 aromatic heterocycles. The molecule has 1 aromatic carbocycles. The van der Waals surface area contributed by atoms with Crippen LogP contribution in [0.4, 0.5) is 0 Å². The predicted octanol–water partition coefficient (Wildman–Crippen LogP) is 3.68. The number of rotatable bonds is 1. The number of hydrogen-bond acceptors (Lipinski definition) is 2. The van der Waals surface area contributed by atoms with E-state index in [9.17, 15) is 0 Å². The highest BCUT2D eigenvalue weighted by Gasteiger charge is 2.25. The van der Waals surface area contributed by atoms with E-state index in [1.54, 1.807) is 0 Å². The average molecular weight is 274 g/mol. The van der Waals surface area contributed by atoms with Gasteiger partial charge in [-0.05, 0) is 17.7 Å². The van der Waals surface area contributed by atoms with Gasteiger partial charge in [-0.1, -0.05) is 43.1 Å². The van der Waals surface area contributed by atoms with Crippen molar-refractivity contribution in [1.29, 1.82) is 0 Å². The molecule has 1 N–H and O–H groups in total. The van der Waals surface area contributed by atoms with Crippen molar-refractivity contribution in [1.82, 2.24) is 5.32 Å². The third-order valence-electron chi connectivity index (χ3n) is 2.92. The normalized spacial score (nSPS) is 24.4. The van der Waals surface area contributed by atoms with Gasteiger partial charge in [0.25, 0.3) is 0 Å². The molecular formula is C13H17Cl2NO. The van der Waals surface area contributed by atoms with Gasteiger partial charge in [-0.25, -0.2) is 0 Å². The smallest absolute Gasteiger partial charge is 0.0950 e. The van der Waals surface area contributed by atoms with E-state index in [-0.39, 0.29) is 11.5 Å². The number of benzene rings is 1. The second kappa shape index (κ2) is 5.15. The zero-order valence-corrected chi connectivity index (χ0v) is 11.6. The second-order valence-electron chi connectivity index (χ2n) is 5.27. The average Bonchev–Trinajstić information content (AvgIpc) is 2.44. The van der Waals surface area contributed by atoms with Gasteiger partial charge < -0.3 is 10.1 Å². The Morgan fingerprint density at radius 3 is 2.76 bits per heavy atom. The lowest BCUT2D eigenvalue weighted by Crippen LogP contribution is -2.29. The van der Waals surface area contributed by atoms with Gasteiger partial charge in [0.15, 0.2) is 0 Å². The van der Waals surface area contributed by atoms with Crippen molar-refractivity contribution in [2.24, 2.45) is 5.41 Å². The molecule has 2 nitrogen and oxygen atoms in total. The van der Waals surface area contributed by atoms with E-state index in [2.05, 4.69) is 19.2 Å². The minimum atomic E-state index is 0.0477. The molecule has 0 amide bonds. The maximum Gasteiger partial charge on any atom is 0.0950 e. The maximum atomic E-state index is 6.02. The van der Waals surface area contributed by atoms with Crippen molar-refractivity contribution in [3.05, 3.63) is 33.8 Å². The molecule has 17 heavy (non-hydrogen) atoms. The standard InChI is InChI=1S/C13H17Cl2NO/c1-13(2)7-16-6-12(17-8-13)9-3-4-10(14)11(15)5-9/h3-5,12,16H,6-8H2,1-2H3. The number of halogens is 2. The molecule has 1 fully saturated rings. The summed E-state index contributed by atoms with van der Waals surface area (Å²) in [6.45, 7) is 6.89. The summed E-state index contributed by atoms with van der Waals surface area (Å²) in [6.07, 6.45) is 0.0477. The number of ether oxygens (including phenoxy) is 1. The van der Waals surface area contributed by atoms with Crippen molar-refractivity contribution >= 4 is 23.2 Å². The van der Waals surface area contributed by atoms with Crippen LogP contribution in [0.15, 0.2) is 18.2 Å². The lowest BCUT2D eigenvalue weighted by Gasteiger charge is -2.21. The molecule has 0 aliphatic carbocycles. The maximum absolute atomic E-state index is 6.02. The summed E-state index contributed by atoms with van der Waals surface area (Å²) < 4.78 is 5.93. The van der Waals surface area contributed by atoms with Crippen molar-refractivity contribution in [2.45, 2.75) is 20.0 Å². The van der Waals surface area contributed by atoms with Crippen LogP contribution in [0.1, 0.15) is 25.5 Å². The molecule has 1 unspecified atom stereocenters. The molecule has 0 radical (unpaired) electrons. The third kappa shape index (κ3) is 3.35. The second-order valence-corrected chi connectivity index (χ2v) is 6.08.